The summed E-state index contributed by atoms with van der Waals surface area (Å²) in [6.45, 7) is 3.23. The van der Waals surface area contributed by atoms with Crippen molar-refractivity contribution in [3.63, 3.8) is 0 Å². The number of fused-ring (bicyclic) bond motifs is 2. The van der Waals surface area contributed by atoms with Gasteiger partial charge in [-0.25, -0.2) is 9.59 Å². The van der Waals surface area contributed by atoms with Gasteiger partial charge >= 0.3 is 18.1 Å². The van der Waals surface area contributed by atoms with Gasteiger partial charge in [0.25, 0.3) is 0 Å². The molecule has 1 aliphatic heterocycles. The number of aromatic nitrogens is 1. The van der Waals surface area contributed by atoms with E-state index in [0.29, 0.717) is 36.9 Å². The number of carbonyl (C=O) groups is 2. The number of pyridine rings is 1. The summed E-state index contributed by atoms with van der Waals surface area (Å²) >= 11 is 1.67. The summed E-state index contributed by atoms with van der Waals surface area (Å²) in [5, 5.41) is 7.53. The number of carbonyl (C=O) groups excluding carboxylic acids is 2. The van der Waals surface area contributed by atoms with Gasteiger partial charge in [-0.3, -0.25) is 4.98 Å². The fraction of sp³-hybridized carbons (Fsp3) is 0.458. The molecule has 1 aliphatic carbocycles. The quantitative estimate of drug-likeness (QED) is 0.374. The van der Waals surface area contributed by atoms with Crippen molar-refractivity contribution in [3.8, 4) is 0 Å². The van der Waals surface area contributed by atoms with Crippen LogP contribution in [-0.2, 0) is 32.0 Å². The fourth-order valence-corrected chi connectivity index (χ4v) is 5.12. The molecule has 2 aromatic heterocycles. The van der Waals surface area contributed by atoms with Gasteiger partial charge in [0.05, 0.1) is 6.61 Å². The first-order valence-electron chi connectivity index (χ1n) is 11.7. The van der Waals surface area contributed by atoms with Gasteiger partial charge in [-0.05, 0) is 74.3 Å². The molecule has 12 heteroatoms. The van der Waals surface area contributed by atoms with Crippen molar-refractivity contribution < 1.29 is 32.3 Å². The van der Waals surface area contributed by atoms with Crippen LogP contribution in [0, 0.1) is 0 Å². The third-order valence-corrected chi connectivity index (χ3v) is 6.90. The molecule has 4 rings (SSSR count). The number of hydrogen-bond donors (Lipinski definition) is 1. The van der Waals surface area contributed by atoms with E-state index in [2.05, 4.69) is 16.4 Å². The zero-order valence-corrected chi connectivity index (χ0v) is 20.5. The predicted octanol–water partition coefficient (Wildman–Crippen LogP) is 3.51. The summed E-state index contributed by atoms with van der Waals surface area (Å²) < 4.78 is 44.8. The summed E-state index contributed by atoms with van der Waals surface area (Å²) in [6, 6.07) is 4.70. The Morgan fingerprint density at radius 1 is 1.25 bits per heavy atom. The molecule has 0 aromatic carbocycles. The molecule has 0 fully saturated rings. The molecule has 0 bridgehead atoms. The SMILES string of the molecule is CCOC(=O)C1C2=C(c3ccncc3CC2)N(OC(=O)C(F)(F)F)N1CCCNCCc1cccs1. The van der Waals surface area contributed by atoms with Gasteiger partial charge in [-0.15, -0.1) is 16.5 Å². The van der Waals surface area contributed by atoms with Crippen LogP contribution >= 0.6 is 11.3 Å². The fourth-order valence-electron chi connectivity index (χ4n) is 4.41. The number of rotatable bonds is 10. The summed E-state index contributed by atoms with van der Waals surface area (Å²) in [7, 11) is 0. The summed E-state index contributed by atoms with van der Waals surface area (Å²) in [6.07, 6.45) is 0.241. The Morgan fingerprint density at radius 3 is 2.81 bits per heavy atom. The number of ether oxygens (including phenoxy) is 1. The number of hydroxylamine groups is 1. The Balaban J connectivity index is 1.56. The first kappa shape index (κ1) is 26.1. The minimum Gasteiger partial charge on any atom is -0.465 e. The highest BCUT2D eigenvalue weighted by Gasteiger charge is 2.51. The van der Waals surface area contributed by atoms with Crippen molar-refractivity contribution in [2.45, 2.75) is 44.8 Å². The van der Waals surface area contributed by atoms with Crippen LogP contribution in [0.5, 0.6) is 0 Å². The number of hydrogen-bond acceptors (Lipinski definition) is 9. The van der Waals surface area contributed by atoms with Crippen molar-refractivity contribution in [1.82, 2.24) is 20.5 Å². The minimum atomic E-state index is -5.20. The average molecular weight is 525 g/mol. The van der Waals surface area contributed by atoms with Gasteiger partial charge in [0.15, 0.2) is 6.04 Å². The Kier molecular flexibility index (Phi) is 8.27. The highest BCUT2D eigenvalue weighted by atomic mass is 32.1. The first-order valence-corrected chi connectivity index (χ1v) is 12.6. The molecule has 1 N–H and O–H groups in total. The lowest BCUT2D eigenvalue weighted by atomic mass is 9.88. The van der Waals surface area contributed by atoms with Crippen LogP contribution in [0.25, 0.3) is 5.70 Å². The molecule has 0 saturated heterocycles. The van der Waals surface area contributed by atoms with Crippen molar-refractivity contribution >= 4 is 29.0 Å². The second kappa shape index (κ2) is 11.4. The lowest BCUT2D eigenvalue weighted by molar-refractivity contribution is -0.267. The van der Waals surface area contributed by atoms with Crippen LogP contribution in [0.2, 0.25) is 0 Å². The molecule has 0 radical (unpaired) electrons. The zero-order valence-electron chi connectivity index (χ0n) is 19.7. The second-order valence-corrected chi connectivity index (χ2v) is 9.34. The topological polar surface area (TPSA) is 84.0 Å². The highest BCUT2D eigenvalue weighted by molar-refractivity contribution is 7.09. The molecular weight excluding hydrogens is 497 g/mol. The largest absolute Gasteiger partial charge is 0.493 e. The maximum absolute atomic E-state index is 13.2. The molecule has 2 aromatic rings. The maximum atomic E-state index is 13.2. The number of alkyl halides is 3. The first-order chi connectivity index (χ1) is 17.3. The van der Waals surface area contributed by atoms with E-state index in [4.69, 9.17) is 9.57 Å². The monoisotopic (exact) mass is 524 g/mol. The average Bonchev–Trinajstić information content (AvgIpc) is 3.47. The molecular formula is C24H27F3N4O4S. The van der Waals surface area contributed by atoms with Gasteiger partial charge < -0.3 is 14.9 Å². The molecule has 1 unspecified atom stereocenters. The molecule has 0 spiro atoms. The zero-order chi connectivity index (χ0) is 25.7. The third-order valence-electron chi connectivity index (χ3n) is 5.96. The minimum absolute atomic E-state index is 0.110. The summed E-state index contributed by atoms with van der Waals surface area (Å²) in [4.78, 5) is 35.1. The standard InChI is InChI=1S/C24H27F3N4O4S/c1-2-34-22(32)21-19-7-6-16-15-29-12-9-18(16)20(19)31(35-23(33)24(25,26)27)30(21)13-4-10-28-11-8-17-5-3-14-36-17/h3,5,9,12,14-15,21,28H,2,4,6-8,10-11,13H2,1H3. The molecule has 3 heterocycles. The van der Waals surface area contributed by atoms with Crippen LogP contribution in [-0.4, -0.2) is 65.6 Å². The lowest BCUT2D eigenvalue weighted by Crippen LogP contribution is -2.49. The lowest BCUT2D eigenvalue weighted by Gasteiger charge is -2.33. The predicted molar refractivity (Wildman–Crippen MR) is 126 cm³/mol. The Bertz CT molecular complexity index is 1110. The smallest absolute Gasteiger partial charge is 0.465 e. The number of halogens is 3. The summed E-state index contributed by atoms with van der Waals surface area (Å²) in [5.41, 5.74) is 2.20. The number of hydrazine groups is 1. The van der Waals surface area contributed by atoms with E-state index in [0.717, 1.165) is 23.7 Å². The Hall–Kier alpha value is -2.96. The summed E-state index contributed by atoms with van der Waals surface area (Å²) in [5.74, 6) is -2.96. The molecule has 8 nitrogen and oxygen atoms in total. The van der Waals surface area contributed by atoms with E-state index < -0.39 is 24.2 Å². The molecule has 0 amide bonds. The van der Waals surface area contributed by atoms with Gasteiger partial charge in [-0.1, -0.05) is 6.07 Å². The molecule has 36 heavy (non-hydrogen) atoms. The van der Waals surface area contributed by atoms with Gasteiger partial charge in [0.1, 0.15) is 5.70 Å². The van der Waals surface area contributed by atoms with Crippen LogP contribution in [0.3, 0.4) is 0 Å². The van der Waals surface area contributed by atoms with Crippen molar-refractivity contribution in [2.24, 2.45) is 0 Å². The van der Waals surface area contributed by atoms with E-state index in [1.165, 1.54) is 16.1 Å². The number of nitrogens with zero attached hydrogens (tertiary/aromatic N) is 3. The highest BCUT2D eigenvalue weighted by Crippen LogP contribution is 2.43. The van der Waals surface area contributed by atoms with Crippen LogP contribution < -0.4 is 5.32 Å². The van der Waals surface area contributed by atoms with Crippen LogP contribution in [0.15, 0.2) is 41.5 Å². The van der Waals surface area contributed by atoms with Crippen LogP contribution in [0.4, 0.5) is 13.2 Å². The number of thiophene rings is 1. The molecule has 2 aliphatic rings. The van der Waals surface area contributed by atoms with E-state index in [9.17, 15) is 22.8 Å². The Labute approximate surface area is 210 Å². The van der Waals surface area contributed by atoms with Gasteiger partial charge in [0.2, 0.25) is 0 Å². The molecule has 194 valence electrons. The number of aryl methyl sites for hydroxylation is 1. The van der Waals surface area contributed by atoms with Crippen molar-refractivity contribution in [2.75, 3.05) is 26.2 Å². The maximum Gasteiger partial charge on any atom is 0.493 e. The van der Waals surface area contributed by atoms with E-state index in [1.807, 2.05) is 11.4 Å². The van der Waals surface area contributed by atoms with E-state index in [-0.39, 0.29) is 18.8 Å². The Morgan fingerprint density at radius 2 is 2.08 bits per heavy atom. The van der Waals surface area contributed by atoms with E-state index in [1.54, 1.807) is 30.5 Å². The van der Waals surface area contributed by atoms with Crippen LogP contribution in [0.1, 0.15) is 35.8 Å². The third kappa shape index (κ3) is 5.71. The second-order valence-electron chi connectivity index (χ2n) is 8.31. The number of nitrogens with one attached hydrogen (secondary N) is 1. The number of esters is 1. The van der Waals surface area contributed by atoms with Crippen molar-refractivity contribution in [3.05, 3.63) is 57.6 Å². The van der Waals surface area contributed by atoms with Crippen molar-refractivity contribution in [1.29, 1.82) is 0 Å². The van der Waals surface area contributed by atoms with Gasteiger partial charge in [-0.2, -0.15) is 18.2 Å². The van der Waals surface area contributed by atoms with E-state index >= 15 is 0 Å². The molecule has 1 atom stereocenters. The normalized spacial score (nSPS) is 17.7. The molecule has 0 saturated carbocycles. The van der Waals surface area contributed by atoms with Gasteiger partial charge in [0, 0.05) is 29.4 Å².